The zero-order valence-corrected chi connectivity index (χ0v) is 17.2. The van der Waals surface area contributed by atoms with Crippen molar-refractivity contribution in [3.05, 3.63) is 72.6 Å². The summed E-state index contributed by atoms with van der Waals surface area (Å²) in [6.45, 7) is 5.25. The second-order valence-electron chi connectivity index (χ2n) is 7.21. The quantitative estimate of drug-likeness (QED) is 0.689. The summed E-state index contributed by atoms with van der Waals surface area (Å²) in [5, 5.41) is 11.6. The van der Waals surface area contributed by atoms with E-state index in [4.69, 9.17) is 0 Å². The second-order valence-corrected chi connectivity index (χ2v) is 8.20. The maximum atomic E-state index is 13.5. The Kier molecular flexibility index (Phi) is 6.38. The van der Waals surface area contributed by atoms with Crippen molar-refractivity contribution in [3.8, 4) is 0 Å². The Hall–Kier alpha value is -2.97. The first-order chi connectivity index (χ1) is 14.3. The minimum atomic E-state index is -1.21. The van der Waals surface area contributed by atoms with Gasteiger partial charge >= 0.3 is 17.9 Å². The number of hydrogen-bond acceptors (Lipinski definition) is 5. The zero-order chi connectivity index (χ0) is 21.9. The van der Waals surface area contributed by atoms with Gasteiger partial charge in [0.1, 0.15) is 12.2 Å². The van der Waals surface area contributed by atoms with Gasteiger partial charge in [0.15, 0.2) is 6.04 Å². The molecule has 1 aliphatic heterocycles. The number of aliphatic carboxylic acids is 1. The van der Waals surface area contributed by atoms with Crippen molar-refractivity contribution in [2.45, 2.75) is 13.0 Å². The van der Waals surface area contributed by atoms with Crippen LogP contribution in [0.5, 0.6) is 0 Å². The van der Waals surface area contributed by atoms with E-state index in [0.29, 0.717) is 16.8 Å². The number of nitrogens with zero attached hydrogens (tertiary/aromatic N) is 1. The lowest BCUT2D eigenvalue weighted by Gasteiger charge is -2.29. The van der Waals surface area contributed by atoms with E-state index in [1.54, 1.807) is 55.5 Å². The van der Waals surface area contributed by atoms with Gasteiger partial charge in [0, 0.05) is 23.4 Å². The number of carbonyl (C=O) groups is 4. The SMILES string of the molecule is [CH2]c1cccc([N+]2(C(=O)[C@H](C)CSC(=O)c3ccccc3)CC(C(=O)O)NC2=O)c1. The van der Waals surface area contributed by atoms with Crippen LogP contribution in [0, 0.1) is 12.8 Å². The standard InChI is InChI=1S/C22H21N2O5S/c1-14-7-6-10-17(11-14)24(12-18(20(26)27)23-22(24)29)19(25)15(2)13-30-21(28)16-8-4-3-5-9-16/h3-11,15,18H,1,12-13H2,2H3,(H-,23,26,27,29)/p+1/t15-,18?,24?/m1/s1. The van der Waals surface area contributed by atoms with Gasteiger partial charge in [-0.3, -0.25) is 10.1 Å². The molecule has 2 N–H and O–H groups in total. The number of carboxylic acids is 1. The van der Waals surface area contributed by atoms with Crippen molar-refractivity contribution in [2.75, 3.05) is 12.3 Å². The van der Waals surface area contributed by atoms with E-state index in [-0.39, 0.29) is 17.4 Å². The highest BCUT2D eigenvalue weighted by Gasteiger charge is 2.57. The number of rotatable bonds is 6. The fraction of sp³-hybridized carbons (Fsp3) is 0.227. The Morgan fingerprint density at radius 3 is 2.50 bits per heavy atom. The maximum Gasteiger partial charge on any atom is 0.430 e. The first-order valence-corrected chi connectivity index (χ1v) is 10.4. The smallest absolute Gasteiger partial charge is 0.430 e. The summed E-state index contributed by atoms with van der Waals surface area (Å²) >= 11 is 1.000. The Labute approximate surface area is 178 Å². The van der Waals surface area contributed by atoms with E-state index < -0.39 is 34.4 Å². The van der Waals surface area contributed by atoms with Crippen LogP contribution in [0.4, 0.5) is 10.5 Å². The molecule has 1 fully saturated rings. The van der Waals surface area contributed by atoms with E-state index in [0.717, 1.165) is 11.8 Å². The van der Waals surface area contributed by atoms with Gasteiger partial charge in [-0.05, 0) is 19.4 Å². The molecule has 1 radical (unpaired) electrons. The highest BCUT2D eigenvalue weighted by Crippen LogP contribution is 2.32. The van der Waals surface area contributed by atoms with Crippen molar-refractivity contribution >= 4 is 40.5 Å². The molecule has 0 bridgehead atoms. The molecule has 30 heavy (non-hydrogen) atoms. The van der Waals surface area contributed by atoms with Gasteiger partial charge in [0.05, 0.1) is 5.92 Å². The van der Waals surface area contributed by atoms with Gasteiger partial charge in [-0.15, -0.1) is 4.48 Å². The van der Waals surface area contributed by atoms with Crippen molar-refractivity contribution in [3.63, 3.8) is 0 Å². The van der Waals surface area contributed by atoms with Crippen LogP contribution in [-0.4, -0.2) is 46.5 Å². The highest BCUT2D eigenvalue weighted by atomic mass is 32.2. The first-order valence-electron chi connectivity index (χ1n) is 9.37. The third-order valence-corrected chi connectivity index (χ3v) is 6.19. The van der Waals surface area contributed by atoms with Gasteiger partial charge in [0.25, 0.3) is 0 Å². The highest BCUT2D eigenvalue weighted by molar-refractivity contribution is 8.14. The Morgan fingerprint density at radius 1 is 1.20 bits per heavy atom. The van der Waals surface area contributed by atoms with Crippen LogP contribution in [0.3, 0.4) is 0 Å². The molecule has 155 valence electrons. The number of carboxylic acid groups (broad SMARTS) is 1. The van der Waals surface area contributed by atoms with Crippen molar-refractivity contribution in [2.24, 2.45) is 5.92 Å². The third-order valence-electron chi connectivity index (χ3n) is 5.02. The molecular formula is C22H22N2O5S+. The molecule has 3 amide bonds. The molecule has 1 aliphatic rings. The maximum absolute atomic E-state index is 13.5. The van der Waals surface area contributed by atoms with Crippen LogP contribution in [-0.2, 0) is 9.59 Å². The fourth-order valence-corrected chi connectivity index (χ4v) is 4.29. The number of imide groups is 1. The molecule has 0 saturated carbocycles. The van der Waals surface area contributed by atoms with Crippen LogP contribution in [0.2, 0.25) is 0 Å². The number of thioether (sulfide) groups is 1. The minimum absolute atomic E-state index is 0.168. The van der Waals surface area contributed by atoms with Crippen molar-refractivity contribution in [1.29, 1.82) is 0 Å². The van der Waals surface area contributed by atoms with Crippen molar-refractivity contribution < 1.29 is 24.3 Å². The molecule has 1 saturated heterocycles. The average Bonchev–Trinajstić information content (AvgIpc) is 3.10. The number of urea groups is 1. The van der Waals surface area contributed by atoms with Gasteiger partial charge in [0.2, 0.25) is 5.12 Å². The molecule has 3 atom stereocenters. The summed E-state index contributed by atoms with van der Waals surface area (Å²) < 4.78 is -0.762. The van der Waals surface area contributed by atoms with E-state index in [2.05, 4.69) is 12.2 Å². The Bertz CT molecular complexity index is 994. The minimum Gasteiger partial charge on any atom is -0.480 e. The third kappa shape index (κ3) is 4.15. The number of quaternary nitrogens is 1. The van der Waals surface area contributed by atoms with Crippen LogP contribution in [0.25, 0.3) is 0 Å². The molecule has 2 aromatic rings. The number of benzene rings is 2. The van der Waals surface area contributed by atoms with Gasteiger partial charge in [-0.1, -0.05) is 54.2 Å². The zero-order valence-electron chi connectivity index (χ0n) is 16.4. The first kappa shape index (κ1) is 21.7. The number of hydrogen-bond donors (Lipinski definition) is 2. The topological polar surface area (TPSA) is 101 Å². The predicted octanol–water partition coefficient (Wildman–Crippen LogP) is 3.09. The van der Waals surface area contributed by atoms with Crippen LogP contribution in [0.1, 0.15) is 22.8 Å². The molecule has 2 aromatic carbocycles. The lowest BCUT2D eigenvalue weighted by atomic mass is 10.1. The lowest BCUT2D eigenvalue weighted by Crippen LogP contribution is -2.59. The Balaban J connectivity index is 1.86. The van der Waals surface area contributed by atoms with Crippen LogP contribution < -0.4 is 9.80 Å². The summed E-state index contributed by atoms with van der Waals surface area (Å²) in [5.74, 6) is -2.17. The average molecular weight is 426 g/mol. The summed E-state index contributed by atoms with van der Waals surface area (Å²) in [6, 6.07) is 13.5. The summed E-state index contributed by atoms with van der Waals surface area (Å²) in [6.07, 6.45) is 0. The number of nitrogens with one attached hydrogen (secondary N) is 1. The van der Waals surface area contributed by atoms with E-state index in [1.165, 1.54) is 0 Å². The molecular weight excluding hydrogens is 404 g/mol. The van der Waals surface area contributed by atoms with Crippen molar-refractivity contribution in [1.82, 2.24) is 9.80 Å². The normalized spacial score (nSPS) is 21.7. The van der Waals surface area contributed by atoms with Gasteiger partial charge < -0.3 is 5.11 Å². The molecule has 0 aliphatic carbocycles. The molecule has 0 aromatic heterocycles. The Morgan fingerprint density at radius 2 is 1.90 bits per heavy atom. The molecule has 3 rings (SSSR count). The van der Waals surface area contributed by atoms with E-state index in [9.17, 15) is 24.3 Å². The van der Waals surface area contributed by atoms with Gasteiger partial charge in [-0.25, -0.2) is 14.4 Å². The molecule has 8 heteroatoms. The summed E-state index contributed by atoms with van der Waals surface area (Å²) in [5.41, 5.74) is 1.49. The van der Waals surface area contributed by atoms with E-state index >= 15 is 0 Å². The van der Waals surface area contributed by atoms with Gasteiger partial charge in [-0.2, -0.15) is 0 Å². The largest absolute Gasteiger partial charge is 0.480 e. The van der Waals surface area contributed by atoms with Crippen LogP contribution >= 0.6 is 11.8 Å². The summed E-state index contributed by atoms with van der Waals surface area (Å²) in [7, 11) is 0. The number of carbonyl (C=O) groups excluding carboxylic acids is 3. The second kappa shape index (κ2) is 8.81. The summed E-state index contributed by atoms with van der Waals surface area (Å²) in [4.78, 5) is 50.3. The monoisotopic (exact) mass is 426 g/mol. The fourth-order valence-electron chi connectivity index (χ4n) is 3.44. The molecule has 7 nitrogen and oxygen atoms in total. The lowest BCUT2D eigenvalue weighted by molar-refractivity contribution is -0.139. The van der Waals surface area contributed by atoms with E-state index in [1.807, 2.05) is 6.07 Å². The number of amides is 3. The molecule has 0 spiro atoms. The molecule has 2 unspecified atom stereocenters. The molecule has 1 heterocycles. The predicted molar refractivity (Wildman–Crippen MR) is 115 cm³/mol. The van der Waals surface area contributed by atoms with Crippen LogP contribution in [0.15, 0.2) is 54.6 Å².